The van der Waals surface area contributed by atoms with Crippen LogP contribution in [0.4, 0.5) is 13.2 Å². The summed E-state index contributed by atoms with van der Waals surface area (Å²) < 4.78 is 36.9. The minimum absolute atomic E-state index is 0.0610. The van der Waals surface area contributed by atoms with Crippen LogP contribution in [0.2, 0.25) is 5.15 Å². The van der Waals surface area contributed by atoms with Gasteiger partial charge in [0.05, 0.1) is 5.56 Å². The molecular weight excluding hydrogens is 226 g/mol. The van der Waals surface area contributed by atoms with Crippen LogP contribution in [0.3, 0.4) is 0 Å². The third-order valence-electron chi connectivity index (χ3n) is 1.42. The Kier molecular flexibility index (Phi) is 3.03. The van der Waals surface area contributed by atoms with Crippen molar-refractivity contribution in [3.63, 3.8) is 0 Å². The highest BCUT2D eigenvalue weighted by atomic mass is 35.5. The first-order valence-corrected chi connectivity index (χ1v) is 4.14. The van der Waals surface area contributed by atoms with Gasteiger partial charge in [-0.05, 0) is 11.6 Å². The van der Waals surface area contributed by atoms with E-state index in [2.05, 4.69) is 4.98 Å². The van der Waals surface area contributed by atoms with Crippen LogP contribution in [0.25, 0.3) is 0 Å². The molecule has 0 atom stereocenters. The summed E-state index contributed by atoms with van der Waals surface area (Å²) >= 11 is 10.6. The molecule has 0 bridgehead atoms. The van der Waals surface area contributed by atoms with Crippen LogP contribution in [0.5, 0.6) is 0 Å². The zero-order chi connectivity index (χ0) is 10.1. The molecule has 0 aliphatic heterocycles. The molecule has 0 unspecified atom stereocenters. The van der Waals surface area contributed by atoms with Gasteiger partial charge in [0.1, 0.15) is 5.15 Å². The van der Waals surface area contributed by atoms with E-state index < -0.39 is 16.9 Å². The Morgan fingerprint density at radius 3 is 2.38 bits per heavy atom. The summed E-state index contributed by atoms with van der Waals surface area (Å²) in [6, 6.07) is 1.20. The molecule has 0 radical (unpaired) electrons. The molecule has 0 spiro atoms. The molecule has 6 heteroatoms. The van der Waals surface area contributed by atoms with Crippen molar-refractivity contribution in [3.05, 3.63) is 28.5 Å². The summed E-state index contributed by atoms with van der Waals surface area (Å²) in [6.45, 7) is 0. The van der Waals surface area contributed by atoms with Crippen LogP contribution < -0.4 is 0 Å². The van der Waals surface area contributed by atoms with Gasteiger partial charge in [-0.15, -0.1) is 11.6 Å². The Hall–Kier alpha value is -0.480. The van der Waals surface area contributed by atoms with Gasteiger partial charge in [-0.2, -0.15) is 13.2 Å². The van der Waals surface area contributed by atoms with Gasteiger partial charge in [0.2, 0.25) is 0 Å². The highest BCUT2D eigenvalue weighted by Gasteiger charge is 2.36. The first-order valence-electron chi connectivity index (χ1n) is 3.23. The number of nitrogens with zero attached hydrogens (tertiary/aromatic N) is 1. The van der Waals surface area contributed by atoms with Crippen molar-refractivity contribution in [1.29, 1.82) is 0 Å². The van der Waals surface area contributed by atoms with Crippen molar-refractivity contribution in [2.75, 3.05) is 0 Å². The Morgan fingerprint density at radius 1 is 1.38 bits per heavy atom. The topological polar surface area (TPSA) is 12.9 Å². The lowest BCUT2D eigenvalue weighted by Crippen LogP contribution is -2.10. The van der Waals surface area contributed by atoms with Gasteiger partial charge in [0.25, 0.3) is 0 Å². The second-order valence-electron chi connectivity index (χ2n) is 2.27. The molecule has 13 heavy (non-hydrogen) atoms. The first-order chi connectivity index (χ1) is 5.96. The molecule has 1 heterocycles. The van der Waals surface area contributed by atoms with Gasteiger partial charge >= 0.3 is 6.18 Å². The fourth-order valence-electron chi connectivity index (χ4n) is 0.883. The van der Waals surface area contributed by atoms with Crippen LogP contribution in [-0.2, 0) is 12.1 Å². The van der Waals surface area contributed by atoms with E-state index in [1.807, 2.05) is 0 Å². The Bertz CT molecular complexity index is 311. The molecule has 0 aliphatic carbocycles. The SMILES string of the molecule is FC(F)(F)c1c(CCl)ccnc1Cl. The third-order valence-corrected chi connectivity index (χ3v) is 1.99. The van der Waals surface area contributed by atoms with E-state index in [1.165, 1.54) is 12.3 Å². The average molecular weight is 230 g/mol. The molecule has 0 fully saturated rings. The summed E-state index contributed by atoms with van der Waals surface area (Å²) in [4.78, 5) is 3.34. The van der Waals surface area contributed by atoms with E-state index in [0.717, 1.165) is 0 Å². The third kappa shape index (κ3) is 2.25. The molecule has 0 saturated heterocycles. The van der Waals surface area contributed by atoms with Crippen molar-refractivity contribution in [2.45, 2.75) is 12.1 Å². The highest BCUT2D eigenvalue weighted by Crippen LogP contribution is 2.36. The van der Waals surface area contributed by atoms with Crippen molar-refractivity contribution < 1.29 is 13.2 Å². The summed E-state index contributed by atoms with van der Waals surface area (Å²) in [5.74, 6) is -0.239. The second kappa shape index (κ2) is 3.72. The van der Waals surface area contributed by atoms with Gasteiger partial charge in [-0.1, -0.05) is 11.6 Å². The normalized spacial score (nSPS) is 11.8. The molecule has 0 N–H and O–H groups in total. The number of pyridine rings is 1. The number of hydrogen-bond acceptors (Lipinski definition) is 1. The lowest BCUT2D eigenvalue weighted by Gasteiger charge is -2.11. The molecular formula is C7H4Cl2F3N. The molecule has 0 aliphatic rings. The fraction of sp³-hybridized carbons (Fsp3) is 0.286. The van der Waals surface area contributed by atoms with Crippen LogP contribution in [0, 0.1) is 0 Å². The quantitative estimate of drug-likeness (QED) is 0.531. The van der Waals surface area contributed by atoms with E-state index in [4.69, 9.17) is 23.2 Å². The zero-order valence-electron chi connectivity index (χ0n) is 6.20. The number of rotatable bonds is 1. The van der Waals surface area contributed by atoms with E-state index in [1.54, 1.807) is 0 Å². The summed E-state index contributed by atoms with van der Waals surface area (Å²) in [6.07, 6.45) is -3.31. The molecule has 1 rings (SSSR count). The number of halogens is 5. The maximum Gasteiger partial charge on any atom is 0.419 e. The summed E-state index contributed by atoms with van der Waals surface area (Å²) in [7, 11) is 0. The van der Waals surface area contributed by atoms with Crippen LogP contribution >= 0.6 is 23.2 Å². The predicted octanol–water partition coefficient (Wildman–Crippen LogP) is 3.49. The molecule has 1 aromatic rings. The maximum absolute atomic E-state index is 12.3. The van der Waals surface area contributed by atoms with Crippen LogP contribution in [0.15, 0.2) is 12.3 Å². The minimum Gasteiger partial charge on any atom is -0.244 e. The highest BCUT2D eigenvalue weighted by molar-refractivity contribution is 6.30. The van der Waals surface area contributed by atoms with Crippen molar-refractivity contribution in [1.82, 2.24) is 4.98 Å². The van der Waals surface area contributed by atoms with E-state index in [0.29, 0.717) is 0 Å². The molecule has 72 valence electrons. The largest absolute Gasteiger partial charge is 0.419 e. The second-order valence-corrected chi connectivity index (χ2v) is 2.89. The molecule has 1 nitrogen and oxygen atoms in total. The number of alkyl halides is 4. The molecule has 0 aromatic carbocycles. The Labute approximate surface area is 82.5 Å². The van der Waals surface area contributed by atoms with Crippen molar-refractivity contribution in [2.24, 2.45) is 0 Å². The van der Waals surface area contributed by atoms with Gasteiger partial charge in [-0.3, -0.25) is 0 Å². The van der Waals surface area contributed by atoms with Crippen LogP contribution in [0.1, 0.15) is 11.1 Å². The summed E-state index contributed by atoms with van der Waals surface area (Å²) in [5.41, 5.74) is -1.01. The predicted molar refractivity (Wildman–Crippen MR) is 43.8 cm³/mol. The monoisotopic (exact) mass is 229 g/mol. The van der Waals surface area contributed by atoms with E-state index in [-0.39, 0.29) is 11.4 Å². The van der Waals surface area contributed by atoms with Gasteiger partial charge in [-0.25, -0.2) is 4.98 Å². The average Bonchev–Trinajstić information content (AvgIpc) is 2.01. The molecule has 1 aromatic heterocycles. The molecule has 0 saturated carbocycles. The van der Waals surface area contributed by atoms with E-state index >= 15 is 0 Å². The lowest BCUT2D eigenvalue weighted by molar-refractivity contribution is -0.138. The number of hydrogen-bond donors (Lipinski definition) is 0. The van der Waals surface area contributed by atoms with Gasteiger partial charge in [0.15, 0.2) is 0 Å². The minimum atomic E-state index is -4.50. The van der Waals surface area contributed by atoms with Crippen molar-refractivity contribution >= 4 is 23.2 Å². The van der Waals surface area contributed by atoms with Crippen LogP contribution in [-0.4, -0.2) is 4.98 Å². The lowest BCUT2D eigenvalue weighted by atomic mass is 10.1. The first kappa shape index (κ1) is 10.6. The Morgan fingerprint density at radius 2 is 2.00 bits per heavy atom. The zero-order valence-corrected chi connectivity index (χ0v) is 7.71. The van der Waals surface area contributed by atoms with Crippen molar-refractivity contribution in [3.8, 4) is 0 Å². The standard InChI is InChI=1S/C7H4Cl2F3N/c8-3-4-1-2-13-6(9)5(4)7(10,11)12/h1-2H,3H2. The smallest absolute Gasteiger partial charge is 0.244 e. The number of aromatic nitrogens is 1. The maximum atomic E-state index is 12.3. The fourth-order valence-corrected chi connectivity index (χ4v) is 1.39. The van der Waals surface area contributed by atoms with Gasteiger partial charge < -0.3 is 0 Å². The Balaban J connectivity index is 3.32. The van der Waals surface area contributed by atoms with Gasteiger partial charge in [0, 0.05) is 12.1 Å². The summed E-state index contributed by atoms with van der Waals surface area (Å²) in [5, 5.41) is -0.564. The van der Waals surface area contributed by atoms with E-state index in [9.17, 15) is 13.2 Å². The molecule has 0 amide bonds.